The maximum atomic E-state index is 12.3. The van der Waals surface area contributed by atoms with Crippen LogP contribution < -0.4 is 10.9 Å². The zero-order valence-corrected chi connectivity index (χ0v) is 13.5. The largest absolute Gasteiger partial charge is 0.355 e. The third-order valence-electron chi connectivity index (χ3n) is 3.95. The summed E-state index contributed by atoms with van der Waals surface area (Å²) in [5.41, 5.74) is 1.60. The SMILES string of the molecule is Cn1c(CCNC(=O)Cc2ccccc2)nc2ccccc2c1=O. The number of rotatable bonds is 5. The van der Waals surface area contributed by atoms with Gasteiger partial charge in [0.25, 0.3) is 5.56 Å². The minimum atomic E-state index is -0.0637. The van der Waals surface area contributed by atoms with Gasteiger partial charge in [0.2, 0.25) is 5.91 Å². The number of amides is 1. The van der Waals surface area contributed by atoms with Crippen molar-refractivity contribution >= 4 is 16.8 Å². The molecule has 122 valence electrons. The lowest BCUT2D eigenvalue weighted by Gasteiger charge is -2.10. The van der Waals surface area contributed by atoms with Gasteiger partial charge in [-0.2, -0.15) is 0 Å². The second-order valence-electron chi connectivity index (χ2n) is 5.67. The van der Waals surface area contributed by atoms with E-state index in [-0.39, 0.29) is 11.5 Å². The van der Waals surface area contributed by atoms with Crippen molar-refractivity contribution in [1.82, 2.24) is 14.9 Å². The smallest absolute Gasteiger partial charge is 0.261 e. The summed E-state index contributed by atoms with van der Waals surface area (Å²) in [6.45, 7) is 0.449. The third-order valence-corrected chi connectivity index (χ3v) is 3.95. The number of hydrogen-bond acceptors (Lipinski definition) is 3. The highest BCUT2D eigenvalue weighted by atomic mass is 16.1. The first-order valence-corrected chi connectivity index (χ1v) is 7.90. The molecule has 5 heteroatoms. The average molecular weight is 321 g/mol. The number of para-hydroxylation sites is 1. The highest BCUT2D eigenvalue weighted by Crippen LogP contribution is 2.07. The molecule has 0 spiro atoms. The van der Waals surface area contributed by atoms with Crippen molar-refractivity contribution < 1.29 is 4.79 Å². The van der Waals surface area contributed by atoms with Crippen LogP contribution in [0.5, 0.6) is 0 Å². The van der Waals surface area contributed by atoms with Crippen LogP contribution in [0.4, 0.5) is 0 Å². The molecule has 0 saturated carbocycles. The number of aromatic nitrogens is 2. The molecule has 0 atom stereocenters. The molecule has 1 heterocycles. The van der Waals surface area contributed by atoms with Crippen molar-refractivity contribution in [3.63, 3.8) is 0 Å². The fraction of sp³-hybridized carbons (Fsp3) is 0.211. The number of benzene rings is 2. The van der Waals surface area contributed by atoms with Gasteiger partial charge >= 0.3 is 0 Å². The average Bonchev–Trinajstić information content (AvgIpc) is 2.60. The van der Waals surface area contributed by atoms with Crippen molar-refractivity contribution in [3.05, 3.63) is 76.3 Å². The van der Waals surface area contributed by atoms with E-state index in [1.165, 1.54) is 0 Å². The minimum Gasteiger partial charge on any atom is -0.355 e. The van der Waals surface area contributed by atoms with Gasteiger partial charge < -0.3 is 5.32 Å². The molecular weight excluding hydrogens is 302 g/mol. The second kappa shape index (κ2) is 7.08. The van der Waals surface area contributed by atoms with Crippen LogP contribution in [0.2, 0.25) is 0 Å². The summed E-state index contributed by atoms with van der Waals surface area (Å²) >= 11 is 0. The fourth-order valence-corrected chi connectivity index (χ4v) is 2.65. The van der Waals surface area contributed by atoms with Crippen LogP contribution in [0, 0.1) is 0 Å². The normalized spacial score (nSPS) is 10.7. The topological polar surface area (TPSA) is 64.0 Å². The molecule has 0 aliphatic heterocycles. The van der Waals surface area contributed by atoms with Crippen LogP contribution in [0.1, 0.15) is 11.4 Å². The summed E-state index contributed by atoms with van der Waals surface area (Å²) in [5, 5.41) is 3.49. The Hall–Kier alpha value is -2.95. The van der Waals surface area contributed by atoms with E-state index in [0.29, 0.717) is 36.1 Å². The summed E-state index contributed by atoms with van der Waals surface area (Å²) in [6.07, 6.45) is 0.863. The predicted octanol–water partition coefficient (Wildman–Crippen LogP) is 1.83. The Morgan fingerprint density at radius 1 is 1.08 bits per heavy atom. The van der Waals surface area contributed by atoms with Gasteiger partial charge in [0.05, 0.1) is 17.3 Å². The van der Waals surface area contributed by atoms with Crippen molar-refractivity contribution in [2.24, 2.45) is 7.05 Å². The lowest BCUT2D eigenvalue weighted by Crippen LogP contribution is -2.30. The summed E-state index contributed by atoms with van der Waals surface area (Å²) in [5.74, 6) is 0.630. The van der Waals surface area contributed by atoms with Crippen molar-refractivity contribution in [2.45, 2.75) is 12.8 Å². The molecule has 0 bridgehead atoms. The maximum Gasteiger partial charge on any atom is 0.261 e. The molecule has 0 aliphatic rings. The van der Waals surface area contributed by atoms with Crippen LogP contribution in [-0.4, -0.2) is 22.0 Å². The van der Waals surface area contributed by atoms with Crippen LogP contribution >= 0.6 is 0 Å². The summed E-state index contributed by atoms with van der Waals surface area (Å²) in [4.78, 5) is 28.8. The van der Waals surface area contributed by atoms with Gasteiger partial charge in [0.1, 0.15) is 5.82 Å². The number of nitrogens with zero attached hydrogens (tertiary/aromatic N) is 2. The highest BCUT2D eigenvalue weighted by molar-refractivity contribution is 5.78. The van der Waals surface area contributed by atoms with E-state index in [1.807, 2.05) is 48.5 Å². The summed E-state index contributed by atoms with van der Waals surface area (Å²) in [7, 11) is 1.71. The molecule has 5 nitrogen and oxygen atoms in total. The van der Waals surface area contributed by atoms with Crippen LogP contribution in [0.25, 0.3) is 10.9 Å². The van der Waals surface area contributed by atoms with Crippen LogP contribution in [0.15, 0.2) is 59.4 Å². The van der Waals surface area contributed by atoms with Gasteiger partial charge in [0, 0.05) is 20.0 Å². The third kappa shape index (κ3) is 3.51. The number of fused-ring (bicyclic) bond motifs is 1. The second-order valence-corrected chi connectivity index (χ2v) is 5.67. The van der Waals surface area contributed by atoms with E-state index in [1.54, 1.807) is 17.7 Å². The zero-order valence-electron chi connectivity index (χ0n) is 13.5. The number of hydrogen-bond donors (Lipinski definition) is 1. The van der Waals surface area contributed by atoms with Crippen molar-refractivity contribution in [3.8, 4) is 0 Å². The van der Waals surface area contributed by atoms with Gasteiger partial charge in [0.15, 0.2) is 0 Å². The molecule has 1 N–H and O–H groups in total. The zero-order chi connectivity index (χ0) is 16.9. The number of nitrogens with one attached hydrogen (secondary N) is 1. The Bertz CT molecular complexity index is 917. The first kappa shape index (κ1) is 15.9. The first-order valence-electron chi connectivity index (χ1n) is 7.90. The van der Waals surface area contributed by atoms with E-state index in [9.17, 15) is 9.59 Å². The van der Waals surface area contributed by atoms with Gasteiger partial charge in [-0.15, -0.1) is 0 Å². The molecule has 24 heavy (non-hydrogen) atoms. The molecule has 0 radical (unpaired) electrons. The standard InChI is InChI=1S/C19H19N3O2/c1-22-17(21-16-10-6-5-9-15(16)19(22)24)11-12-20-18(23)13-14-7-3-2-4-8-14/h2-10H,11-13H2,1H3,(H,20,23). The Morgan fingerprint density at radius 2 is 1.79 bits per heavy atom. The molecule has 0 aliphatic carbocycles. The molecule has 2 aromatic carbocycles. The lowest BCUT2D eigenvalue weighted by molar-refractivity contribution is -0.120. The van der Waals surface area contributed by atoms with E-state index < -0.39 is 0 Å². The number of carbonyl (C=O) groups is 1. The number of carbonyl (C=O) groups excluding carboxylic acids is 1. The quantitative estimate of drug-likeness (QED) is 0.780. The lowest BCUT2D eigenvalue weighted by atomic mass is 10.1. The van der Waals surface area contributed by atoms with Gasteiger partial charge in [-0.1, -0.05) is 42.5 Å². The van der Waals surface area contributed by atoms with E-state index in [0.717, 1.165) is 5.56 Å². The van der Waals surface area contributed by atoms with Crippen molar-refractivity contribution in [1.29, 1.82) is 0 Å². The molecule has 3 aromatic rings. The molecule has 3 rings (SSSR count). The molecular formula is C19H19N3O2. The van der Waals surface area contributed by atoms with Crippen molar-refractivity contribution in [2.75, 3.05) is 6.54 Å². The van der Waals surface area contributed by atoms with Gasteiger partial charge in [-0.3, -0.25) is 14.2 Å². The fourth-order valence-electron chi connectivity index (χ4n) is 2.65. The van der Waals surface area contributed by atoms with E-state index in [4.69, 9.17) is 0 Å². The van der Waals surface area contributed by atoms with Crippen LogP contribution in [-0.2, 0) is 24.7 Å². The Balaban J connectivity index is 1.65. The molecule has 1 aromatic heterocycles. The Labute approximate surface area is 140 Å². The maximum absolute atomic E-state index is 12.3. The van der Waals surface area contributed by atoms with Crippen LogP contribution in [0.3, 0.4) is 0 Å². The predicted molar refractivity (Wildman–Crippen MR) is 93.8 cm³/mol. The minimum absolute atomic E-state index is 0.0352. The molecule has 0 unspecified atom stereocenters. The molecule has 0 fully saturated rings. The summed E-state index contributed by atoms with van der Waals surface area (Å²) in [6, 6.07) is 16.9. The first-order chi connectivity index (χ1) is 11.6. The van der Waals surface area contributed by atoms with Gasteiger partial charge in [-0.25, -0.2) is 4.98 Å². The highest BCUT2D eigenvalue weighted by Gasteiger charge is 2.08. The monoisotopic (exact) mass is 321 g/mol. The van der Waals surface area contributed by atoms with E-state index >= 15 is 0 Å². The molecule has 0 saturated heterocycles. The summed E-state index contributed by atoms with van der Waals surface area (Å²) < 4.78 is 1.55. The Kier molecular flexibility index (Phi) is 4.70. The Morgan fingerprint density at radius 3 is 2.58 bits per heavy atom. The molecule has 1 amide bonds. The van der Waals surface area contributed by atoms with E-state index in [2.05, 4.69) is 10.3 Å². The van der Waals surface area contributed by atoms with Gasteiger partial charge in [-0.05, 0) is 17.7 Å².